The summed E-state index contributed by atoms with van der Waals surface area (Å²) < 4.78 is 8.88. The lowest BCUT2D eigenvalue weighted by Crippen LogP contribution is -2.40. The Labute approximate surface area is 177 Å². The number of benzene rings is 1. The monoisotopic (exact) mass is 422 g/mol. The van der Waals surface area contributed by atoms with Crippen molar-refractivity contribution in [2.45, 2.75) is 26.8 Å². The second-order valence-electron chi connectivity index (χ2n) is 7.29. The Balaban J connectivity index is 1.99. The van der Waals surface area contributed by atoms with E-state index >= 15 is 0 Å². The second-order valence-corrected chi connectivity index (χ2v) is 8.30. The van der Waals surface area contributed by atoms with Gasteiger partial charge in [0.1, 0.15) is 6.04 Å². The largest absolute Gasteiger partial charge is 0.466 e. The Hall–Kier alpha value is -3.26. The van der Waals surface area contributed by atoms with Crippen molar-refractivity contribution in [2.75, 3.05) is 7.11 Å². The summed E-state index contributed by atoms with van der Waals surface area (Å²) in [5.41, 5.74) is 4.42. The fourth-order valence-electron chi connectivity index (χ4n) is 3.59. The number of carbonyl (C=O) groups excluding carboxylic acids is 1. The van der Waals surface area contributed by atoms with Crippen molar-refractivity contribution in [2.24, 2.45) is 12.0 Å². The number of hydrogen-bond donors (Lipinski definition) is 0. The highest BCUT2D eigenvalue weighted by Gasteiger charge is 2.34. The molecule has 2 aromatic heterocycles. The number of hydrogen-bond acceptors (Lipinski definition) is 6. The summed E-state index contributed by atoms with van der Waals surface area (Å²) in [6, 6.07) is 7.32. The normalized spacial score (nSPS) is 16.4. The molecule has 0 bridgehead atoms. The molecule has 1 atom stereocenters. The van der Waals surface area contributed by atoms with E-state index in [0.29, 0.717) is 20.6 Å². The van der Waals surface area contributed by atoms with Gasteiger partial charge in [0.25, 0.3) is 5.56 Å². The van der Waals surface area contributed by atoms with E-state index < -0.39 is 12.0 Å². The van der Waals surface area contributed by atoms with Crippen LogP contribution in [0.1, 0.15) is 35.3 Å². The van der Waals surface area contributed by atoms with Gasteiger partial charge in [0.2, 0.25) is 0 Å². The maximum Gasteiger partial charge on any atom is 0.338 e. The molecule has 30 heavy (non-hydrogen) atoms. The van der Waals surface area contributed by atoms with Crippen molar-refractivity contribution in [3.63, 3.8) is 0 Å². The molecule has 0 fully saturated rings. The Kier molecular flexibility index (Phi) is 5.03. The van der Waals surface area contributed by atoms with Gasteiger partial charge in [0, 0.05) is 18.3 Å². The summed E-state index contributed by atoms with van der Waals surface area (Å²) in [6.45, 7) is 5.70. The molecule has 0 saturated carbocycles. The van der Waals surface area contributed by atoms with Crippen molar-refractivity contribution in [1.82, 2.24) is 14.3 Å². The number of methoxy groups -OCH3 is 1. The highest BCUT2D eigenvalue weighted by molar-refractivity contribution is 7.07. The summed E-state index contributed by atoms with van der Waals surface area (Å²) in [4.78, 5) is 31.2. The third kappa shape index (κ3) is 3.23. The summed E-state index contributed by atoms with van der Waals surface area (Å²) in [5.74, 6) is -0.502. The number of fused-ring (bicyclic) bond motifs is 1. The van der Waals surface area contributed by atoms with E-state index in [4.69, 9.17) is 4.74 Å². The van der Waals surface area contributed by atoms with E-state index in [9.17, 15) is 9.59 Å². The average molecular weight is 423 g/mol. The first-order valence-electron chi connectivity index (χ1n) is 9.48. The zero-order valence-electron chi connectivity index (χ0n) is 17.5. The standard InChI is InChI=1S/C22H22N4O3S/c1-12-6-8-15(9-7-12)10-17-20(27)26-19(16-11-23-25(4)14(16)3)18(21(28)29-5)13(2)24-22(26)30-17/h6-11,19H,1-5H3/b17-10+. The first-order chi connectivity index (χ1) is 14.3. The van der Waals surface area contributed by atoms with E-state index in [1.54, 1.807) is 22.4 Å². The molecular formula is C22H22N4O3S. The molecule has 1 aliphatic rings. The van der Waals surface area contributed by atoms with Crippen LogP contribution in [0.5, 0.6) is 0 Å². The van der Waals surface area contributed by atoms with E-state index in [2.05, 4.69) is 10.1 Å². The lowest BCUT2D eigenvalue weighted by molar-refractivity contribution is -0.136. The molecule has 0 aliphatic carbocycles. The molecule has 1 aromatic carbocycles. The van der Waals surface area contributed by atoms with Crippen LogP contribution < -0.4 is 14.9 Å². The summed E-state index contributed by atoms with van der Waals surface area (Å²) in [7, 11) is 3.16. The molecule has 0 N–H and O–H groups in total. The van der Waals surface area contributed by atoms with Crippen molar-refractivity contribution in [3.05, 3.63) is 83.8 Å². The molecule has 1 unspecified atom stereocenters. The van der Waals surface area contributed by atoms with Crippen LogP contribution in [-0.2, 0) is 16.6 Å². The van der Waals surface area contributed by atoms with E-state index in [0.717, 1.165) is 22.4 Å². The van der Waals surface area contributed by atoms with Crippen molar-refractivity contribution in [3.8, 4) is 0 Å². The number of esters is 1. The molecule has 154 valence electrons. The van der Waals surface area contributed by atoms with Crippen LogP contribution >= 0.6 is 11.3 Å². The van der Waals surface area contributed by atoms with Crippen molar-refractivity contribution >= 4 is 23.4 Å². The van der Waals surface area contributed by atoms with Gasteiger partial charge in [-0.3, -0.25) is 14.0 Å². The first-order valence-corrected chi connectivity index (χ1v) is 10.3. The molecule has 1 aliphatic heterocycles. The van der Waals surface area contributed by atoms with E-state index in [1.165, 1.54) is 18.4 Å². The molecule has 0 spiro atoms. The molecule has 0 radical (unpaired) electrons. The number of carbonyl (C=O) groups is 1. The molecule has 7 nitrogen and oxygen atoms in total. The second kappa shape index (κ2) is 7.53. The highest BCUT2D eigenvalue weighted by atomic mass is 32.1. The van der Waals surface area contributed by atoms with Crippen LogP contribution in [0.25, 0.3) is 6.08 Å². The van der Waals surface area contributed by atoms with Gasteiger partial charge < -0.3 is 4.74 Å². The van der Waals surface area contributed by atoms with E-state index in [-0.39, 0.29) is 5.56 Å². The number of rotatable bonds is 3. The number of ether oxygens (including phenoxy) is 1. The minimum atomic E-state index is -0.637. The zero-order chi connectivity index (χ0) is 21.6. The van der Waals surface area contributed by atoms with Crippen LogP contribution in [0.3, 0.4) is 0 Å². The molecule has 4 rings (SSSR count). The number of aromatic nitrogens is 3. The van der Waals surface area contributed by atoms with E-state index in [1.807, 2.05) is 51.2 Å². The fraction of sp³-hybridized carbons (Fsp3) is 0.273. The van der Waals surface area contributed by atoms with Gasteiger partial charge in [0.15, 0.2) is 4.80 Å². The number of thiazole rings is 1. The minimum Gasteiger partial charge on any atom is -0.466 e. The average Bonchev–Trinajstić information content (AvgIpc) is 3.21. The van der Waals surface area contributed by atoms with Gasteiger partial charge in [0.05, 0.1) is 29.1 Å². The smallest absolute Gasteiger partial charge is 0.338 e. The molecule has 8 heteroatoms. The van der Waals surface area contributed by atoms with Crippen molar-refractivity contribution < 1.29 is 9.53 Å². The minimum absolute atomic E-state index is 0.193. The van der Waals surface area contributed by atoms with Crippen LogP contribution in [-0.4, -0.2) is 27.4 Å². The Bertz CT molecular complexity index is 1360. The number of nitrogens with zero attached hydrogens (tertiary/aromatic N) is 4. The number of allylic oxidation sites excluding steroid dienone is 1. The zero-order valence-corrected chi connectivity index (χ0v) is 18.3. The fourth-order valence-corrected chi connectivity index (χ4v) is 4.63. The lowest BCUT2D eigenvalue weighted by atomic mass is 9.96. The maximum absolute atomic E-state index is 13.4. The third-order valence-corrected chi connectivity index (χ3v) is 6.35. The van der Waals surface area contributed by atoms with Gasteiger partial charge in [-0.1, -0.05) is 41.2 Å². The summed E-state index contributed by atoms with van der Waals surface area (Å²) in [6.07, 6.45) is 3.55. The van der Waals surface area contributed by atoms with Crippen LogP contribution in [0.15, 0.2) is 51.5 Å². The molecule has 3 heterocycles. The molecule has 3 aromatic rings. The quantitative estimate of drug-likeness (QED) is 0.603. The molecule has 0 saturated heterocycles. The number of aryl methyl sites for hydroxylation is 2. The third-order valence-electron chi connectivity index (χ3n) is 5.37. The summed E-state index contributed by atoms with van der Waals surface area (Å²) in [5, 5.41) is 4.31. The van der Waals surface area contributed by atoms with Crippen molar-refractivity contribution in [1.29, 1.82) is 0 Å². The van der Waals surface area contributed by atoms with Gasteiger partial charge in [-0.15, -0.1) is 0 Å². The predicted molar refractivity (Wildman–Crippen MR) is 115 cm³/mol. The van der Waals surface area contributed by atoms with Crippen LogP contribution in [0.4, 0.5) is 0 Å². The van der Waals surface area contributed by atoms with Gasteiger partial charge in [-0.25, -0.2) is 9.79 Å². The SMILES string of the molecule is COC(=O)C1=C(C)N=c2s/c(=C/c3ccc(C)cc3)c(=O)n2C1c1cnn(C)c1C. The Morgan fingerprint density at radius 2 is 1.90 bits per heavy atom. The predicted octanol–water partition coefficient (Wildman–Crippen LogP) is 1.76. The van der Waals surface area contributed by atoms with Gasteiger partial charge in [-0.2, -0.15) is 5.10 Å². The summed E-state index contributed by atoms with van der Waals surface area (Å²) >= 11 is 1.31. The first kappa shape index (κ1) is 20.0. The Morgan fingerprint density at radius 3 is 2.50 bits per heavy atom. The van der Waals surface area contributed by atoms with Gasteiger partial charge >= 0.3 is 5.97 Å². The van der Waals surface area contributed by atoms with Crippen LogP contribution in [0, 0.1) is 13.8 Å². The Morgan fingerprint density at radius 1 is 1.20 bits per heavy atom. The topological polar surface area (TPSA) is 78.5 Å². The lowest BCUT2D eigenvalue weighted by Gasteiger charge is -2.23. The molecule has 0 amide bonds. The highest BCUT2D eigenvalue weighted by Crippen LogP contribution is 2.32. The maximum atomic E-state index is 13.4. The molecular weight excluding hydrogens is 400 g/mol. The van der Waals surface area contributed by atoms with Crippen LogP contribution in [0.2, 0.25) is 0 Å². The van der Waals surface area contributed by atoms with Gasteiger partial charge in [-0.05, 0) is 32.4 Å².